The molecule has 0 saturated carbocycles. The average Bonchev–Trinajstić information content (AvgIpc) is 3.05. The summed E-state index contributed by atoms with van der Waals surface area (Å²) in [6.45, 7) is 2.92. The van der Waals surface area contributed by atoms with Crippen LogP contribution in [0.25, 0.3) is 12.2 Å². The van der Waals surface area contributed by atoms with E-state index >= 15 is 0 Å². The zero-order valence-electron chi connectivity index (χ0n) is 15.9. The summed E-state index contributed by atoms with van der Waals surface area (Å²) in [6.07, 6.45) is 11.1. The van der Waals surface area contributed by atoms with Crippen molar-refractivity contribution in [2.75, 3.05) is 11.9 Å². The highest BCUT2D eigenvalue weighted by Crippen LogP contribution is 2.53. The summed E-state index contributed by atoms with van der Waals surface area (Å²) in [7, 11) is 0. The minimum absolute atomic E-state index is 0.285. The molecule has 3 atom stereocenters. The molecular weight excluding hydrogens is 348 g/mol. The molecule has 1 aromatic heterocycles. The Labute approximate surface area is 165 Å². The number of aliphatic hydroxyl groups is 1. The van der Waals surface area contributed by atoms with Gasteiger partial charge in [0.2, 0.25) is 0 Å². The maximum absolute atomic E-state index is 10.5. The number of pyridine rings is 1. The van der Waals surface area contributed by atoms with Gasteiger partial charge in [-0.25, -0.2) is 0 Å². The van der Waals surface area contributed by atoms with Crippen molar-refractivity contribution in [3.8, 4) is 5.75 Å². The Hall–Kier alpha value is -2.85. The highest BCUT2D eigenvalue weighted by atomic mass is 16.3. The monoisotopic (exact) mass is 372 g/mol. The Bertz CT molecular complexity index is 1020. The van der Waals surface area contributed by atoms with E-state index < -0.39 is 0 Å². The van der Waals surface area contributed by atoms with Crippen LogP contribution in [0.2, 0.25) is 0 Å². The van der Waals surface area contributed by atoms with Crippen molar-refractivity contribution in [1.29, 1.82) is 0 Å². The number of fused-ring (bicyclic) bond motifs is 4. The Morgan fingerprint density at radius 3 is 2.79 bits per heavy atom. The summed E-state index contributed by atoms with van der Waals surface area (Å²) >= 11 is 0. The predicted molar refractivity (Wildman–Crippen MR) is 112 cm³/mol. The van der Waals surface area contributed by atoms with Crippen molar-refractivity contribution in [3.05, 3.63) is 76.1 Å². The first kappa shape index (κ1) is 17.3. The van der Waals surface area contributed by atoms with E-state index in [1.54, 1.807) is 12.4 Å². The van der Waals surface area contributed by atoms with Gasteiger partial charge < -0.3 is 15.5 Å². The number of aromatic nitrogens is 1. The second-order valence-corrected chi connectivity index (χ2v) is 8.10. The number of hydrogen-bond acceptors (Lipinski definition) is 4. The predicted octanol–water partition coefficient (Wildman–Crippen LogP) is 4.49. The van der Waals surface area contributed by atoms with E-state index in [4.69, 9.17) is 0 Å². The van der Waals surface area contributed by atoms with Gasteiger partial charge in [0.15, 0.2) is 0 Å². The van der Waals surface area contributed by atoms with Crippen molar-refractivity contribution < 1.29 is 10.2 Å². The molecule has 0 spiro atoms. The summed E-state index contributed by atoms with van der Waals surface area (Å²) in [4.78, 5) is 4.04. The van der Waals surface area contributed by atoms with Crippen LogP contribution in [-0.4, -0.2) is 27.8 Å². The summed E-state index contributed by atoms with van der Waals surface area (Å²) in [6, 6.07) is 7.86. The molecule has 2 aromatic rings. The lowest BCUT2D eigenvalue weighted by Gasteiger charge is -2.32. The summed E-state index contributed by atoms with van der Waals surface area (Å²) in [5, 5.41) is 24.3. The molecule has 0 amide bonds. The lowest BCUT2D eigenvalue weighted by molar-refractivity contribution is 0.208. The summed E-state index contributed by atoms with van der Waals surface area (Å²) in [5.41, 5.74) is 7.96. The maximum atomic E-state index is 10.5. The van der Waals surface area contributed by atoms with E-state index in [1.165, 1.54) is 16.7 Å². The van der Waals surface area contributed by atoms with E-state index in [-0.39, 0.29) is 11.9 Å². The molecule has 0 bridgehead atoms. The van der Waals surface area contributed by atoms with Crippen LogP contribution in [0.5, 0.6) is 5.75 Å². The Balaban J connectivity index is 1.55. The first-order valence-electron chi connectivity index (χ1n) is 9.87. The molecule has 142 valence electrons. The van der Waals surface area contributed by atoms with E-state index in [0.717, 1.165) is 41.8 Å². The van der Waals surface area contributed by atoms with Gasteiger partial charge in [-0.3, -0.25) is 4.98 Å². The van der Waals surface area contributed by atoms with E-state index in [1.807, 2.05) is 37.3 Å². The van der Waals surface area contributed by atoms with Crippen LogP contribution in [0.3, 0.4) is 0 Å². The zero-order chi connectivity index (χ0) is 19.3. The molecule has 4 heteroatoms. The van der Waals surface area contributed by atoms with Gasteiger partial charge >= 0.3 is 0 Å². The van der Waals surface area contributed by atoms with Crippen LogP contribution < -0.4 is 5.32 Å². The number of phenols is 1. The molecule has 1 aliphatic heterocycles. The zero-order valence-corrected chi connectivity index (χ0v) is 15.9. The Kier molecular flexibility index (Phi) is 4.09. The highest BCUT2D eigenvalue weighted by Gasteiger charge is 2.40. The molecule has 4 nitrogen and oxygen atoms in total. The van der Waals surface area contributed by atoms with E-state index in [0.29, 0.717) is 11.8 Å². The van der Waals surface area contributed by atoms with Crippen molar-refractivity contribution in [1.82, 2.24) is 4.98 Å². The molecule has 0 fully saturated rings. The second kappa shape index (κ2) is 6.64. The van der Waals surface area contributed by atoms with Crippen LogP contribution in [0, 0.1) is 5.92 Å². The molecule has 0 radical (unpaired) electrons. The largest absolute Gasteiger partial charge is 0.507 e. The first-order valence-corrected chi connectivity index (χ1v) is 9.87. The molecule has 2 aliphatic carbocycles. The molecule has 3 aliphatic rings. The Morgan fingerprint density at radius 2 is 1.96 bits per heavy atom. The summed E-state index contributed by atoms with van der Waals surface area (Å²) < 4.78 is 0. The average molecular weight is 372 g/mol. The number of hydrogen-bond donors (Lipinski definition) is 3. The number of nitrogens with one attached hydrogen (secondary N) is 1. The van der Waals surface area contributed by atoms with Crippen LogP contribution in [-0.2, 0) is 0 Å². The van der Waals surface area contributed by atoms with Gasteiger partial charge in [-0.15, -0.1) is 0 Å². The third-order valence-corrected chi connectivity index (χ3v) is 6.32. The second-order valence-electron chi connectivity index (χ2n) is 8.10. The number of anilines is 1. The normalized spacial score (nSPS) is 25.8. The fourth-order valence-electron chi connectivity index (χ4n) is 4.83. The third-order valence-electron chi connectivity index (χ3n) is 6.32. The number of benzene rings is 1. The molecule has 5 rings (SSSR count). The SMILES string of the molecule is CC1=CC2=C(CC1O)CC1CNc3cc(O)c(/C=C/c4ccncc4)cc3[C@@H]21. The molecule has 2 unspecified atom stereocenters. The van der Waals surface area contributed by atoms with Gasteiger partial charge in [0.25, 0.3) is 0 Å². The van der Waals surface area contributed by atoms with Crippen molar-refractivity contribution in [2.45, 2.75) is 31.8 Å². The minimum Gasteiger partial charge on any atom is -0.507 e. The third kappa shape index (κ3) is 2.85. The van der Waals surface area contributed by atoms with E-state index in [9.17, 15) is 10.2 Å². The van der Waals surface area contributed by atoms with Gasteiger partial charge in [0.1, 0.15) is 5.75 Å². The fourth-order valence-corrected chi connectivity index (χ4v) is 4.83. The number of rotatable bonds is 2. The standard InChI is InChI=1S/C24H24N2O2/c1-14-8-19-17(11-22(14)27)9-18-13-26-21-12-23(28)16(10-20(21)24(18)19)3-2-15-4-6-25-7-5-15/h2-8,10,12,18,22,24,26-28H,9,11,13H2,1H3/b3-2+/t18?,22?,24-/m1/s1. The highest BCUT2D eigenvalue weighted by molar-refractivity contribution is 5.76. The molecule has 3 N–H and O–H groups in total. The molecule has 0 saturated heterocycles. The van der Waals surface area contributed by atoms with Crippen LogP contribution >= 0.6 is 0 Å². The topological polar surface area (TPSA) is 65.4 Å². The van der Waals surface area contributed by atoms with Crippen LogP contribution in [0.4, 0.5) is 5.69 Å². The maximum Gasteiger partial charge on any atom is 0.124 e. The fraction of sp³-hybridized carbons (Fsp3) is 0.292. The minimum atomic E-state index is -0.343. The molecular formula is C24H24N2O2. The van der Waals surface area contributed by atoms with Gasteiger partial charge in [-0.1, -0.05) is 23.8 Å². The number of allylic oxidation sites excluding steroid dienone is 2. The quantitative estimate of drug-likeness (QED) is 0.726. The summed E-state index contributed by atoms with van der Waals surface area (Å²) in [5.74, 6) is 1.13. The smallest absolute Gasteiger partial charge is 0.124 e. The van der Waals surface area contributed by atoms with Crippen LogP contribution in [0.1, 0.15) is 42.4 Å². The van der Waals surface area contributed by atoms with Gasteiger partial charge in [0.05, 0.1) is 6.10 Å². The van der Waals surface area contributed by atoms with Crippen molar-refractivity contribution >= 4 is 17.8 Å². The molecule has 2 heterocycles. The lowest BCUT2D eigenvalue weighted by Crippen LogP contribution is -2.25. The number of aliphatic hydroxyl groups excluding tert-OH is 1. The van der Waals surface area contributed by atoms with Gasteiger partial charge in [-0.05, 0) is 66.2 Å². The van der Waals surface area contributed by atoms with Crippen LogP contribution in [0.15, 0.2) is 59.5 Å². The number of phenolic OH excluding ortho intramolecular Hbond substituents is 1. The number of aromatic hydroxyl groups is 1. The molecule has 1 aromatic carbocycles. The first-order chi connectivity index (χ1) is 13.6. The van der Waals surface area contributed by atoms with Gasteiger partial charge in [-0.2, -0.15) is 0 Å². The number of nitrogens with zero attached hydrogens (tertiary/aromatic N) is 1. The van der Waals surface area contributed by atoms with Crippen molar-refractivity contribution in [2.24, 2.45) is 5.92 Å². The lowest BCUT2D eigenvalue weighted by atomic mass is 9.79. The van der Waals surface area contributed by atoms with Gasteiger partial charge in [0, 0.05) is 42.2 Å². The van der Waals surface area contributed by atoms with E-state index in [2.05, 4.69) is 22.4 Å². The Morgan fingerprint density at radius 1 is 1.14 bits per heavy atom. The molecule has 28 heavy (non-hydrogen) atoms. The van der Waals surface area contributed by atoms with Crippen molar-refractivity contribution in [3.63, 3.8) is 0 Å².